The lowest BCUT2D eigenvalue weighted by Gasteiger charge is -2.11. The lowest BCUT2D eigenvalue weighted by Crippen LogP contribution is -2.19. The molecule has 0 spiro atoms. The van der Waals surface area contributed by atoms with Crippen molar-refractivity contribution in [1.82, 2.24) is 4.98 Å². The van der Waals surface area contributed by atoms with E-state index in [2.05, 4.69) is 4.98 Å². The van der Waals surface area contributed by atoms with E-state index in [1.165, 1.54) is 0 Å². The number of ketones is 2. The van der Waals surface area contributed by atoms with Gasteiger partial charge in [0.25, 0.3) is 0 Å². The molecule has 1 unspecified atom stereocenters. The first-order valence-corrected chi connectivity index (χ1v) is 8.44. The van der Waals surface area contributed by atoms with Gasteiger partial charge < -0.3 is 0 Å². The van der Waals surface area contributed by atoms with Gasteiger partial charge in [-0.05, 0) is 0 Å². The third-order valence-electron chi connectivity index (χ3n) is 2.90. The van der Waals surface area contributed by atoms with Crippen LogP contribution in [0.4, 0.5) is 0 Å². The quantitative estimate of drug-likeness (QED) is 0.693. The number of thiazole rings is 1. The number of hydrogen-bond donors (Lipinski definition) is 0. The summed E-state index contributed by atoms with van der Waals surface area (Å²) in [4.78, 5) is 29.0. The zero-order valence-corrected chi connectivity index (χ0v) is 12.5. The summed E-state index contributed by atoms with van der Waals surface area (Å²) in [5.41, 5.74) is 0.838. The molecular weight excluding hydrogens is 318 g/mol. The molecule has 102 valence electrons. The summed E-state index contributed by atoms with van der Waals surface area (Å²) in [5, 5.41) is 0. The van der Waals surface area contributed by atoms with E-state index in [0.717, 1.165) is 11.3 Å². The van der Waals surface area contributed by atoms with Gasteiger partial charge in [-0.3, -0.25) is 13.8 Å². The first-order valence-electron chi connectivity index (χ1n) is 5.77. The molecule has 2 aromatic rings. The first kappa shape index (κ1) is 13.6. The number of alkyl halides is 1. The van der Waals surface area contributed by atoms with E-state index in [1.54, 1.807) is 24.3 Å². The Morgan fingerprint density at radius 3 is 2.45 bits per heavy atom. The van der Waals surface area contributed by atoms with E-state index in [-0.39, 0.29) is 38.1 Å². The van der Waals surface area contributed by atoms with Gasteiger partial charge in [-0.25, -0.2) is 4.98 Å². The highest BCUT2D eigenvalue weighted by Crippen LogP contribution is 2.32. The lowest BCUT2D eigenvalue weighted by atomic mass is 9.92. The summed E-state index contributed by atoms with van der Waals surface area (Å²) in [6.07, 6.45) is 0. The fraction of sp³-hybridized carbons (Fsp3) is 0.154. The van der Waals surface area contributed by atoms with Gasteiger partial charge in [-0.15, -0.1) is 22.9 Å². The number of carbonyl (C=O) groups excluding carboxylic acids is 2. The Morgan fingerprint density at radius 2 is 1.80 bits per heavy atom. The number of carbonyl (C=O) groups is 2. The van der Waals surface area contributed by atoms with Crippen LogP contribution in [-0.4, -0.2) is 32.4 Å². The minimum absolute atomic E-state index is 0.108. The second-order valence-electron chi connectivity index (χ2n) is 4.10. The zero-order chi connectivity index (χ0) is 14.3. The molecular formula is C13H8ClNO3S2. The van der Waals surface area contributed by atoms with Crippen LogP contribution in [0.1, 0.15) is 31.3 Å². The largest absolute Gasteiger partial charge is 0.288 e. The number of halogens is 1. The molecule has 1 atom stereocenters. The Kier molecular flexibility index (Phi) is 3.54. The molecule has 20 heavy (non-hydrogen) atoms. The zero-order valence-electron chi connectivity index (χ0n) is 10.1. The Bertz CT molecular complexity index is 701. The van der Waals surface area contributed by atoms with Crippen LogP contribution < -0.4 is 0 Å². The maximum Gasteiger partial charge on any atom is 0.213 e. The molecule has 7 heteroatoms. The summed E-state index contributed by atoms with van der Waals surface area (Å²) >= 11 is 6.57. The Morgan fingerprint density at radius 1 is 1.15 bits per heavy atom. The van der Waals surface area contributed by atoms with E-state index >= 15 is 0 Å². The van der Waals surface area contributed by atoms with Gasteiger partial charge in [0.2, 0.25) is 11.6 Å². The van der Waals surface area contributed by atoms with Crippen molar-refractivity contribution in [2.24, 2.45) is 0 Å². The van der Waals surface area contributed by atoms with Crippen LogP contribution >= 0.6 is 22.9 Å². The second-order valence-corrected chi connectivity index (χ2v) is 7.22. The van der Waals surface area contributed by atoms with Crippen molar-refractivity contribution < 1.29 is 13.8 Å². The highest BCUT2D eigenvalue weighted by atomic mass is 35.5. The molecule has 0 N–H and O–H groups in total. The van der Waals surface area contributed by atoms with Crippen LogP contribution in [-0.2, 0) is 10.8 Å². The molecule has 0 bridgehead atoms. The van der Waals surface area contributed by atoms with Gasteiger partial charge in [-0.1, -0.05) is 24.3 Å². The normalized spacial score (nSPS) is 14.8. The van der Waals surface area contributed by atoms with E-state index in [4.69, 9.17) is 11.6 Å². The van der Waals surface area contributed by atoms with Gasteiger partial charge in [0, 0.05) is 22.8 Å². The average molecular weight is 326 g/mol. The smallest absolute Gasteiger partial charge is 0.213 e. The highest BCUT2D eigenvalue weighted by molar-refractivity contribution is 7.87. The minimum atomic E-state index is -1.37. The SMILES string of the molecule is O=C1c2ccccc2C(=O)c2sc(S(=O)CCCl)nc21. The molecule has 0 saturated heterocycles. The summed E-state index contributed by atoms with van der Waals surface area (Å²) < 4.78 is 12.2. The van der Waals surface area contributed by atoms with Gasteiger partial charge in [0.05, 0.1) is 10.8 Å². The maximum absolute atomic E-state index is 12.3. The predicted octanol–water partition coefficient (Wildman–Crippen LogP) is 2.26. The minimum Gasteiger partial charge on any atom is -0.288 e. The number of benzene rings is 1. The van der Waals surface area contributed by atoms with E-state index in [0.29, 0.717) is 11.1 Å². The van der Waals surface area contributed by atoms with Crippen molar-refractivity contribution >= 4 is 45.3 Å². The molecule has 1 aromatic heterocycles. The standard InChI is InChI=1S/C13H8ClNO3S2/c14-5-6-20(18)13-15-9-10(16)7-3-1-2-4-8(7)11(17)12(9)19-13/h1-4H,5-6H2. The molecule has 1 aromatic carbocycles. The summed E-state index contributed by atoms with van der Waals surface area (Å²) in [6, 6.07) is 6.64. The third-order valence-corrected chi connectivity index (χ3v) is 6.03. The fourth-order valence-electron chi connectivity index (χ4n) is 1.99. The first-order chi connectivity index (χ1) is 9.63. The Hall–Kier alpha value is -1.37. The Balaban J connectivity index is 2.12. The lowest BCUT2D eigenvalue weighted by molar-refractivity contribution is 0.0979. The van der Waals surface area contributed by atoms with Gasteiger partial charge in [-0.2, -0.15) is 0 Å². The van der Waals surface area contributed by atoms with Gasteiger partial charge in [0.15, 0.2) is 4.34 Å². The van der Waals surface area contributed by atoms with Crippen molar-refractivity contribution in [3.05, 3.63) is 46.0 Å². The van der Waals surface area contributed by atoms with Crippen LogP contribution in [0.5, 0.6) is 0 Å². The molecule has 0 aliphatic heterocycles. The molecule has 0 radical (unpaired) electrons. The van der Waals surface area contributed by atoms with E-state index in [9.17, 15) is 13.8 Å². The molecule has 1 heterocycles. The topological polar surface area (TPSA) is 64.1 Å². The number of nitrogens with zero attached hydrogens (tertiary/aromatic N) is 1. The molecule has 0 saturated carbocycles. The van der Waals surface area contributed by atoms with Crippen LogP contribution in [0, 0.1) is 0 Å². The van der Waals surface area contributed by atoms with Gasteiger partial charge in [0.1, 0.15) is 10.6 Å². The second kappa shape index (κ2) is 5.20. The van der Waals surface area contributed by atoms with Crippen LogP contribution in [0.25, 0.3) is 0 Å². The third kappa shape index (κ3) is 2.04. The van der Waals surface area contributed by atoms with Crippen molar-refractivity contribution in [3.63, 3.8) is 0 Å². The van der Waals surface area contributed by atoms with Crippen molar-refractivity contribution in [3.8, 4) is 0 Å². The maximum atomic E-state index is 12.3. The molecule has 1 aliphatic carbocycles. The van der Waals surface area contributed by atoms with E-state index in [1.807, 2.05) is 0 Å². The van der Waals surface area contributed by atoms with E-state index < -0.39 is 10.8 Å². The molecule has 3 rings (SSSR count). The molecule has 0 fully saturated rings. The van der Waals surface area contributed by atoms with Crippen molar-refractivity contribution in [2.75, 3.05) is 11.6 Å². The summed E-state index contributed by atoms with van der Waals surface area (Å²) in [7, 11) is -1.37. The van der Waals surface area contributed by atoms with Crippen LogP contribution in [0.15, 0.2) is 28.6 Å². The summed E-state index contributed by atoms with van der Waals surface area (Å²) in [5.74, 6) is -0.0372. The van der Waals surface area contributed by atoms with Gasteiger partial charge >= 0.3 is 0 Å². The van der Waals surface area contributed by atoms with Crippen molar-refractivity contribution in [2.45, 2.75) is 4.34 Å². The number of fused-ring (bicyclic) bond motifs is 2. The highest BCUT2D eigenvalue weighted by Gasteiger charge is 2.33. The van der Waals surface area contributed by atoms with Crippen LogP contribution in [0.2, 0.25) is 0 Å². The Labute approximate surface area is 126 Å². The fourth-order valence-corrected chi connectivity index (χ4v) is 4.54. The monoisotopic (exact) mass is 325 g/mol. The number of rotatable bonds is 3. The molecule has 1 aliphatic rings. The summed E-state index contributed by atoms with van der Waals surface area (Å²) in [6.45, 7) is 0. The van der Waals surface area contributed by atoms with Crippen LogP contribution in [0.3, 0.4) is 0 Å². The molecule has 4 nitrogen and oxygen atoms in total. The predicted molar refractivity (Wildman–Crippen MR) is 77.4 cm³/mol. The molecule has 0 amide bonds. The van der Waals surface area contributed by atoms with Crippen molar-refractivity contribution in [1.29, 1.82) is 0 Å². The number of hydrogen-bond acceptors (Lipinski definition) is 5. The average Bonchev–Trinajstić information content (AvgIpc) is 2.91. The number of aromatic nitrogens is 1.